The molecule has 0 saturated carbocycles. The number of phenols is 2. The molecular weight excluding hydrogens is 349 g/mol. The molecular formula is C13H18BF4N3O2S. The molecule has 5 nitrogen and oxygen atoms in total. The first kappa shape index (κ1) is 20.1. The lowest BCUT2D eigenvalue weighted by Crippen LogP contribution is -2.32. The summed E-state index contributed by atoms with van der Waals surface area (Å²) in [5.74, 6) is 1.40. The fraction of sp³-hybridized carbons (Fsp3) is 0.385. The van der Waals surface area contributed by atoms with Crippen LogP contribution < -0.4 is 4.57 Å². The molecule has 0 atom stereocenters. The Hall–Kier alpha value is -1.91. The van der Waals surface area contributed by atoms with Gasteiger partial charge in [0.25, 0.3) is 0 Å². The van der Waals surface area contributed by atoms with Crippen LogP contribution in [0.2, 0.25) is 0 Å². The van der Waals surface area contributed by atoms with E-state index in [1.54, 1.807) is 24.6 Å². The van der Waals surface area contributed by atoms with Gasteiger partial charge in [-0.3, -0.25) is 0 Å². The van der Waals surface area contributed by atoms with Gasteiger partial charge in [0.2, 0.25) is 5.82 Å². The molecule has 2 rings (SSSR count). The minimum Gasteiger partial charge on any atom is -0.508 e. The van der Waals surface area contributed by atoms with Gasteiger partial charge in [-0.25, -0.2) is 4.57 Å². The Bertz CT molecular complexity index is 744. The van der Waals surface area contributed by atoms with Gasteiger partial charge in [-0.05, 0) is 42.8 Å². The molecule has 0 spiro atoms. The highest BCUT2D eigenvalue weighted by Crippen LogP contribution is 2.39. The average molecular weight is 367 g/mol. The predicted octanol–water partition coefficient (Wildman–Crippen LogP) is 3.03. The third kappa shape index (κ3) is 5.05. The maximum atomic E-state index is 10.2. The number of aromatic hydroxyl groups is 2. The Labute approximate surface area is 141 Å². The van der Waals surface area contributed by atoms with Gasteiger partial charge in [0, 0.05) is 6.92 Å². The molecule has 0 amide bonds. The van der Waals surface area contributed by atoms with Crippen LogP contribution in [0.1, 0.15) is 17.0 Å². The van der Waals surface area contributed by atoms with Crippen molar-refractivity contribution in [2.24, 2.45) is 14.1 Å². The monoisotopic (exact) mass is 367 g/mol. The molecule has 0 fully saturated rings. The van der Waals surface area contributed by atoms with Crippen molar-refractivity contribution in [3.05, 3.63) is 23.0 Å². The van der Waals surface area contributed by atoms with Gasteiger partial charge in [-0.1, -0.05) is 0 Å². The molecule has 1 aromatic heterocycles. The van der Waals surface area contributed by atoms with E-state index < -0.39 is 7.25 Å². The van der Waals surface area contributed by atoms with E-state index in [9.17, 15) is 27.5 Å². The lowest BCUT2D eigenvalue weighted by Gasteiger charge is -2.09. The first-order valence-corrected chi connectivity index (χ1v) is 7.61. The maximum absolute atomic E-state index is 10.2. The minimum atomic E-state index is -6.00. The van der Waals surface area contributed by atoms with E-state index in [4.69, 9.17) is 0 Å². The van der Waals surface area contributed by atoms with E-state index in [0.29, 0.717) is 16.0 Å². The summed E-state index contributed by atoms with van der Waals surface area (Å²) in [5, 5.41) is 25.2. The van der Waals surface area contributed by atoms with Crippen molar-refractivity contribution in [2.45, 2.75) is 30.8 Å². The van der Waals surface area contributed by atoms with Crippen LogP contribution >= 0.6 is 11.8 Å². The SMILES string of the molecule is Cc1c(O)cc(Sc2nn(C)c(C)[n+]2C)c(O)c1C.F[B-](F)(F)F. The fourth-order valence-corrected chi connectivity index (χ4v) is 2.79. The molecule has 2 N–H and O–H groups in total. The molecule has 0 aliphatic heterocycles. The smallest absolute Gasteiger partial charge is 0.508 e. The molecule has 0 unspecified atom stereocenters. The average Bonchev–Trinajstić information content (AvgIpc) is 2.68. The van der Waals surface area contributed by atoms with Gasteiger partial charge in [-0.2, -0.15) is 0 Å². The minimum absolute atomic E-state index is 0.188. The largest absolute Gasteiger partial charge is 0.673 e. The third-order valence-electron chi connectivity index (χ3n) is 3.48. The number of hydrogen-bond donors (Lipinski definition) is 2. The number of hydrogen-bond acceptors (Lipinski definition) is 4. The second kappa shape index (κ2) is 7.33. The summed E-state index contributed by atoms with van der Waals surface area (Å²) in [4.78, 5) is 0.606. The molecule has 1 aromatic carbocycles. The predicted molar refractivity (Wildman–Crippen MR) is 82.7 cm³/mol. The van der Waals surface area contributed by atoms with Crippen molar-refractivity contribution in [1.29, 1.82) is 0 Å². The first-order chi connectivity index (χ1) is 10.8. The van der Waals surface area contributed by atoms with Gasteiger partial charge < -0.3 is 27.5 Å². The lowest BCUT2D eigenvalue weighted by molar-refractivity contribution is -0.715. The molecule has 0 saturated heterocycles. The van der Waals surface area contributed by atoms with E-state index in [0.717, 1.165) is 11.0 Å². The highest BCUT2D eigenvalue weighted by molar-refractivity contribution is 7.99. The molecule has 1 heterocycles. The summed E-state index contributed by atoms with van der Waals surface area (Å²) in [6.45, 7) is 5.54. The van der Waals surface area contributed by atoms with E-state index in [-0.39, 0.29) is 11.5 Å². The molecule has 0 radical (unpaired) electrons. The Balaban J connectivity index is 0.000000505. The molecule has 0 aliphatic carbocycles. The van der Waals surface area contributed by atoms with Crippen LogP contribution in [-0.2, 0) is 14.1 Å². The van der Waals surface area contributed by atoms with Gasteiger partial charge >= 0.3 is 12.4 Å². The van der Waals surface area contributed by atoms with E-state index in [2.05, 4.69) is 5.10 Å². The van der Waals surface area contributed by atoms with Crippen molar-refractivity contribution in [3.8, 4) is 11.5 Å². The summed E-state index contributed by atoms with van der Waals surface area (Å²) in [5.41, 5.74) is 1.39. The van der Waals surface area contributed by atoms with Crippen molar-refractivity contribution in [1.82, 2.24) is 9.78 Å². The number of nitrogens with zero attached hydrogens (tertiary/aromatic N) is 3. The zero-order valence-corrected chi connectivity index (χ0v) is 14.6. The van der Waals surface area contributed by atoms with Gasteiger partial charge in [0.1, 0.15) is 11.5 Å². The topological polar surface area (TPSA) is 62.2 Å². The number of aromatic nitrogens is 3. The standard InChI is InChI=1S/C13H17N3O2S.BF4/c1-7-8(2)12(18)11(6-10(7)17)19-13-14-16(5)9(3)15(13)4;2-1(3,4)5/h6H,1-5H3,(H-,17,18);/q;-1/p+1. The van der Waals surface area contributed by atoms with Gasteiger partial charge in [0.15, 0.2) is 0 Å². The molecule has 134 valence electrons. The molecule has 0 aliphatic rings. The van der Waals surface area contributed by atoms with Gasteiger partial charge in [0.05, 0.1) is 24.1 Å². The zero-order chi connectivity index (χ0) is 18.8. The van der Waals surface area contributed by atoms with Crippen LogP contribution in [-0.4, -0.2) is 27.2 Å². The Kier molecular flexibility index (Phi) is 6.15. The van der Waals surface area contributed by atoms with Gasteiger partial charge in [-0.15, -0.1) is 4.68 Å². The highest BCUT2D eigenvalue weighted by atomic mass is 32.2. The Morgan fingerprint density at radius 2 is 1.62 bits per heavy atom. The van der Waals surface area contributed by atoms with Crippen LogP contribution in [0.4, 0.5) is 17.3 Å². The van der Waals surface area contributed by atoms with Crippen LogP contribution in [0.3, 0.4) is 0 Å². The van der Waals surface area contributed by atoms with Crippen molar-refractivity contribution >= 4 is 19.0 Å². The number of halogens is 4. The third-order valence-corrected chi connectivity index (χ3v) is 4.55. The van der Waals surface area contributed by atoms with E-state index in [1.807, 2.05) is 25.6 Å². The number of benzene rings is 1. The van der Waals surface area contributed by atoms with Crippen LogP contribution in [0.5, 0.6) is 11.5 Å². The van der Waals surface area contributed by atoms with Crippen molar-refractivity contribution in [3.63, 3.8) is 0 Å². The van der Waals surface area contributed by atoms with Crippen LogP contribution in [0.25, 0.3) is 0 Å². The molecule has 11 heteroatoms. The molecule has 2 aromatic rings. The summed E-state index contributed by atoms with van der Waals surface area (Å²) < 4.78 is 42.7. The number of aryl methyl sites for hydroxylation is 1. The summed E-state index contributed by atoms with van der Waals surface area (Å²) in [6.07, 6.45) is 0. The summed E-state index contributed by atoms with van der Waals surface area (Å²) >= 11 is 1.33. The maximum Gasteiger partial charge on any atom is 0.673 e. The summed E-state index contributed by atoms with van der Waals surface area (Å²) in [7, 11) is -2.21. The second-order valence-electron chi connectivity index (χ2n) is 5.10. The lowest BCUT2D eigenvalue weighted by atomic mass is 10.1. The van der Waals surface area contributed by atoms with E-state index >= 15 is 0 Å². The Morgan fingerprint density at radius 1 is 1.12 bits per heavy atom. The van der Waals surface area contributed by atoms with Crippen LogP contribution in [0, 0.1) is 20.8 Å². The number of phenolic OH excluding ortho intramolecular Hbond substituents is 2. The molecule has 24 heavy (non-hydrogen) atoms. The first-order valence-electron chi connectivity index (χ1n) is 6.79. The van der Waals surface area contributed by atoms with Crippen molar-refractivity contribution in [2.75, 3.05) is 0 Å². The number of rotatable bonds is 2. The fourth-order valence-electron chi connectivity index (χ4n) is 1.74. The van der Waals surface area contributed by atoms with E-state index in [1.165, 1.54) is 11.8 Å². The highest BCUT2D eigenvalue weighted by Gasteiger charge is 2.22. The quantitative estimate of drug-likeness (QED) is 0.371. The second-order valence-corrected chi connectivity index (χ2v) is 6.11. The summed E-state index contributed by atoms with van der Waals surface area (Å²) in [6, 6.07) is 1.58. The normalized spacial score (nSPS) is 11.2. The van der Waals surface area contributed by atoms with Crippen molar-refractivity contribution < 1.29 is 32.0 Å². The Morgan fingerprint density at radius 3 is 2.04 bits per heavy atom. The zero-order valence-electron chi connectivity index (χ0n) is 13.8. The van der Waals surface area contributed by atoms with Crippen LogP contribution in [0.15, 0.2) is 16.1 Å². The molecule has 0 bridgehead atoms.